The second-order valence-electron chi connectivity index (χ2n) is 4.94. The van der Waals surface area contributed by atoms with Gasteiger partial charge in [0.25, 0.3) is 0 Å². The van der Waals surface area contributed by atoms with E-state index in [1.165, 1.54) is 0 Å². The summed E-state index contributed by atoms with van der Waals surface area (Å²) in [5.41, 5.74) is 1.82. The molecule has 0 amide bonds. The summed E-state index contributed by atoms with van der Waals surface area (Å²) in [6, 6.07) is 9.85. The second-order valence-corrected chi connectivity index (χ2v) is 5.35. The predicted octanol–water partition coefficient (Wildman–Crippen LogP) is 4.33. The molecule has 0 unspecified atom stereocenters. The third-order valence-corrected chi connectivity index (χ3v) is 3.30. The number of pyridine rings is 1. The molecule has 1 aromatic heterocycles. The molecule has 2 aromatic rings. The Labute approximate surface area is 124 Å². The van der Waals surface area contributed by atoms with Crippen molar-refractivity contribution in [1.82, 2.24) is 10.3 Å². The summed E-state index contributed by atoms with van der Waals surface area (Å²) in [6.45, 7) is 6.79. The number of halogens is 1. The fraction of sp³-hybridized carbons (Fsp3) is 0.312. The van der Waals surface area contributed by atoms with Crippen molar-refractivity contribution in [3.8, 4) is 11.5 Å². The van der Waals surface area contributed by atoms with Crippen LogP contribution in [0.15, 0.2) is 36.5 Å². The van der Waals surface area contributed by atoms with E-state index in [-0.39, 0.29) is 0 Å². The molecule has 1 heterocycles. The molecule has 0 atom stereocenters. The lowest BCUT2D eigenvalue weighted by Gasteiger charge is -2.15. The van der Waals surface area contributed by atoms with Crippen LogP contribution in [-0.4, -0.2) is 11.0 Å². The number of rotatable bonds is 5. The van der Waals surface area contributed by atoms with Gasteiger partial charge in [0.05, 0.1) is 5.69 Å². The number of hydrogen-bond donors (Lipinski definition) is 1. The van der Waals surface area contributed by atoms with Gasteiger partial charge < -0.3 is 10.1 Å². The van der Waals surface area contributed by atoms with Crippen molar-refractivity contribution in [1.29, 1.82) is 0 Å². The molecule has 0 radical (unpaired) electrons. The van der Waals surface area contributed by atoms with Gasteiger partial charge in [-0.2, -0.15) is 0 Å². The van der Waals surface area contributed by atoms with E-state index in [1.807, 2.05) is 37.3 Å². The van der Waals surface area contributed by atoms with Gasteiger partial charge in [-0.05, 0) is 31.2 Å². The predicted molar refractivity (Wildman–Crippen MR) is 82.5 cm³/mol. The fourth-order valence-corrected chi connectivity index (χ4v) is 2.04. The molecule has 4 heteroatoms. The van der Waals surface area contributed by atoms with Crippen LogP contribution in [0.1, 0.15) is 25.1 Å². The van der Waals surface area contributed by atoms with Crippen LogP contribution < -0.4 is 10.1 Å². The first-order valence-corrected chi connectivity index (χ1v) is 7.06. The van der Waals surface area contributed by atoms with Crippen molar-refractivity contribution >= 4 is 11.6 Å². The highest BCUT2D eigenvalue weighted by Gasteiger charge is 2.11. The van der Waals surface area contributed by atoms with E-state index in [4.69, 9.17) is 16.3 Å². The number of aryl methyl sites for hydroxylation is 1. The maximum atomic E-state index is 6.28. The summed E-state index contributed by atoms with van der Waals surface area (Å²) < 4.78 is 5.97. The van der Waals surface area contributed by atoms with Crippen LogP contribution in [0.4, 0.5) is 0 Å². The Hall–Kier alpha value is -1.58. The van der Waals surface area contributed by atoms with Crippen LogP contribution in [0.2, 0.25) is 5.02 Å². The Morgan fingerprint density at radius 3 is 2.65 bits per heavy atom. The standard InChI is InChI=1S/C16H19ClN2O/c1-11(2)19-10-13-14(17)6-4-7-16(13)20-15-8-5-9-18-12(15)3/h4-9,11,19H,10H2,1-3H3. The summed E-state index contributed by atoms with van der Waals surface area (Å²) in [7, 11) is 0. The molecule has 0 bridgehead atoms. The van der Waals surface area contributed by atoms with Gasteiger partial charge in [-0.15, -0.1) is 0 Å². The lowest BCUT2D eigenvalue weighted by Crippen LogP contribution is -2.22. The van der Waals surface area contributed by atoms with Crippen molar-refractivity contribution in [3.63, 3.8) is 0 Å². The number of nitrogens with one attached hydrogen (secondary N) is 1. The first-order chi connectivity index (χ1) is 9.58. The Balaban J connectivity index is 2.27. The minimum Gasteiger partial charge on any atom is -0.455 e. The second kappa shape index (κ2) is 6.73. The van der Waals surface area contributed by atoms with Crippen LogP contribution in [-0.2, 0) is 6.54 Å². The van der Waals surface area contributed by atoms with Gasteiger partial charge in [0.15, 0.2) is 0 Å². The first kappa shape index (κ1) is 14.8. The third-order valence-electron chi connectivity index (χ3n) is 2.94. The Morgan fingerprint density at radius 1 is 1.20 bits per heavy atom. The zero-order valence-electron chi connectivity index (χ0n) is 12.0. The molecule has 3 nitrogen and oxygen atoms in total. The molecule has 0 saturated carbocycles. The van der Waals surface area contributed by atoms with Gasteiger partial charge in [-0.25, -0.2) is 0 Å². The molecule has 0 saturated heterocycles. The van der Waals surface area contributed by atoms with Crippen LogP contribution in [0, 0.1) is 6.92 Å². The summed E-state index contributed by atoms with van der Waals surface area (Å²) in [5, 5.41) is 4.07. The quantitative estimate of drug-likeness (QED) is 0.890. The zero-order valence-corrected chi connectivity index (χ0v) is 12.7. The first-order valence-electron chi connectivity index (χ1n) is 6.68. The maximum absolute atomic E-state index is 6.28. The highest BCUT2D eigenvalue weighted by Crippen LogP contribution is 2.31. The SMILES string of the molecule is Cc1ncccc1Oc1cccc(Cl)c1CNC(C)C. The molecule has 106 valence electrons. The van der Waals surface area contributed by atoms with Crippen LogP contribution in [0.5, 0.6) is 11.5 Å². The van der Waals surface area contributed by atoms with E-state index in [0.29, 0.717) is 17.6 Å². The Morgan fingerprint density at radius 2 is 1.95 bits per heavy atom. The van der Waals surface area contributed by atoms with Crippen LogP contribution >= 0.6 is 11.6 Å². The lowest BCUT2D eigenvalue weighted by molar-refractivity contribution is 0.463. The van der Waals surface area contributed by atoms with Crippen LogP contribution in [0.3, 0.4) is 0 Å². The summed E-state index contributed by atoms with van der Waals surface area (Å²) >= 11 is 6.28. The monoisotopic (exact) mass is 290 g/mol. The summed E-state index contributed by atoms with van der Waals surface area (Å²) in [6.07, 6.45) is 1.75. The van der Waals surface area contributed by atoms with Gasteiger partial charge >= 0.3 is 0 Å². The van der Waals surface area contributed by atoms with E-state index in [9.17, 15) is 0 Å². The molecule has 0 aliphatic heterocycles. The van der Waals surface area contributed by atoms with E-state index >= 15 is 0 Å². The minimum absolute atomic E-state index is 0.388. The smallest absolute Gasteiger partial charge is 0.148 e. The molecule has 0 aliphatic rings. The molecule has 1 N–H and O–H groups in total. The number of aromatic nitrogens is 1. The largest absolute Gasteiger partial charge is 0.455 e. The van der Waals surface area contributed by atoms with Crippen molar-refractivity contribution in [3.05, 3.63) is 52.8 Å². The average Bonchev–Trinajstić information content (AvgIpc) is 2.40. The molecule has 2 rings (SSSR count). The fourth-order valence-electron chi connectivity index (χ4n) is 1.81. The zero-order chi connectivity index (χ0) is 14.5. The van der Waals surface area contributed by atoms with E-state index in [2.05, 4.69) is 24.1 Å². The Kier molecular flexibility index (Phi) is 4.99. The third kappa shape index (κ3) is 3.71. The summed E-state index contributed by atoms with van der Waals surface area (Å²) in [5.74, 6) is 1.52. The topological polar surface area (TPSA) is 34.1 Å². The lowest BCUT2D eigenvalue weighted by atomic mass is 10.2. The molecule has 0 aliphatic carbocycles. The van der Waals surface area contributed by atoms with Gasteiger partial charge in [-0.1, -0.05) is 31.5 Å². The number of benzene rings is 1. The van der Waals surface area contributed by atoms with E-state index in [0.717, 1.165) is 22.8 Å². The van der Waals surface area contributed by atoms with Gasteiger partial charge in [0.2, 0.25) is 0 Å². The van der Waals surface area contributed by atoms with Crippen molar-refractivity contribution in [2.45, 2.75) is 33.4 Å². The Bertz CT molecular complexity index is 584. The van der Waals surface area contributed by atoms with Crippen molar-refractivity contribution < 1.29 is 4.74 Å². The van der Waals surface area contributed by atoms with E-state index in [1.54, 1.807) is 6.20 Å². The van der Waals surface area contributed by atoms with Gasteiger partial charge in [0, 0.05) is 29.4 Å². The molecule has 20 heavy (non-hydrogen) atoms. The number of nitrogens with zero attached hydrogens (tertiary/aromatic N) is 1. The highest BCUT2D eigenvalue weighted by atomic mass is 35.5. The van der Waals surface area contributed by atoms with Crippen molar-refractivity contribution in [2.24, 2.45) is 0 Å². The molecular formula is C16H19ClN2O. The average molecular weight is 291 g/mol. The molecule has 0 fully saturated rings. The molecular weight excluding hydrogens is 272 g/mol. The molecule has 0 spiro atoms. The number of hydrogen-bond acceptors (Lipinski definition) is 3. The van der Waals surface area contributed by atoms with Crippen molar-refractivity contribution in [2.75, 3.05) is 0 Å². The van der Waals surface area contributed by atoms with Gasteiger partial charge in [0.1, 0.15) is 11.5 Å². The van der Waals surface area contributed by atoms with Gasteiger partial charge in [-0.3, -0.25) is 4.98 Å². The highest BCUT2D eigenvalue weighted by molar-refractivity contribution is 6.31. The number of ether oxygens (including phenoxy) is 1. The van der Waals surface area contributed by atoms with Crippen LogP contribution in [0.25, 0.3) is 0 Å². The molecule has 1 aromatic carbocycles. The minimum atomic E-state index is 0.388. The van der Waals surface area contributed by atoms with E-state index < -0.39 is 0 Å². The summed E-state index contributed by atoms with van der Waals surface area (Å²) in [4.78, 5) is 4.23. The normalized spacial score (nSPS) is 10.8. The maximum Gasteiger partial charge on any atom is 0.148 e.